The number of aromatic nitrogens is 1. The van der Waals surface area contributed by atoms with E-state index in [4.69, 9.17) is 11.6 Å². The van der Waals surface area contributed by atoms with Crippen molar-refractivity contribution < 1.29 is 0 Å². The highest BCUT2D eigenvalue weighted by Crippen LogP contribution is 2.29. The Morgan fingerprint density at radius 3 is 2.69 bits per heavy atom. The molecule has 0 aromatic carbocycles. The third-order valence-corrected chi connectivity index (χ3v) is 4.03. The van der Waals surface area contributed by atoms with Crippen molar-refractivity contribution in [2.24, 2.45) is 5.41 Å². The van der Waals surface area contributed by atoms with Gasteiger partial charge in [0.05, 0.1) is 5.01 Å². The zero-order chi connectivity index (χ0) is 9.90. The maximum atomic E-state index is 5.94. The lowest BCUT2D eigenvalue weighted by Gasteiger charge is -2.23. The summed E-state index contributed by atoms with van der Waals surface area (Å²) in [5.74, 6) is 0.710. The first-order valence-corrected chi connectivity index (χ1v) is 5.98. The lowest BCUT2D eigenvalue weighted by Crippen LogP contribution is -2.20. The van der Waals surface area contributed by atoms with E-state index in [-0.39, 0.29) is 5.41 Å². The standard InChI is InChI=1S/C10H16ClNS/c1-4-10(3,7-11)5-9-12-8(2)6-13-9/h6H,4-5,7H2,1-3H3. The summed E-state index contributed by atoms with van der Waals surface area (Å²) in [6.07, 6.45) is 2.11. The molecule has 1 aromatic rings. The maximum absolute atomic E-state index is 5.94. The van der Waals surface area contributed by atoms with Crippen LogP contribution in [0.25, 0.3) is 0 Å². The van der Waals surface area contributed by atoms with Crippen molar-refractivity contribution in [3.63, 3.8) is 0 Å². The lowest BCUT2D eigenvalue weighted by atomic mass is 9.86. The number of nitrogens with zero attached hydrogens (tertiary/aromatic N) is 1. The molecule has 0 bridgehead atoms. The van der Waals surface area contributed by atoms with Gasteiger partial charge in [-0.05, 0) is 18.8 Å². The fraction of sp³-hybridized carbons (Fsp3) is 0.700. The summed E-state index contributed by atoms with van der Waals surface area (Å²) < 4.78 is 0. The van der Waals surface area contributed by atoms with Crippen LogP contribution >= 0.6 is 22.9 Å². The van der Waals surface area contributed by atoms with E-state index in [1.54, 1.807) is 11.3 Å². The van der Waals surface area contributed by atoms with Gasteiger partial charge in [-0.1, -0.05) is 13.8 Å². The summed E-state index contributed by atoms with van der Waals surface area (Å²) in [7, 11) is 0. The number of hydrogen-bond acceptors (Lipinski definition) is 2. The van der Waals surface area contributed by atoms with Gasteiger partial charge in [-0.15, -0.1) is 22.9 Å². The average molecular weight is 218 g/mol. The number of aryl methyl sites for hydroxylation is 1. The van der Waals surface area contributed by atoms with E-state index in [0.29, 0.717) is 5.88 Å². The van der Waals surface area contributed by atoms with Crippen molar-refractivity contribution in [2.75, 3.05) is 5.88 Å². The van der Waals surface area contributed by atoms with Crippen LogP contribution in [-0.2, 0) is 6.42 Å². The highest BCUT2D eigenvalue weighted by Gasteiger charge is 2.22. The first kappa shape index (κ1) is 11.0. The van der Waals surface area contributed by atoms with Crippen molar-refractivity contribution in [2.45, 2.75) is 33.6 Å². The van der Waals surface area contributed by atoms with Crippen LogP contribution in [0.2, 0.25) is 0 Å². The molecule has 0 saturated heterocycles. The molecule has 13 heavy (non-hydrogen) atoms. The first-order valence-electron chi connectivity index (χ1n) is 4.56. The molecule has 74 valence electrons. The predicted octanol–water partition coefficient (Wildman–Crippen LogP) is 3.65. The average Bonchev–Trinajstić information content (AvgIpc) is 2.51. The zero-order valence-electron chi connectivity index (χ0n) is 8.43. The summed E-state index contributed by atoms with van der Waals surface area (Å²) >= 11 is 7.68. The third kappa shape index (κ3) is 2.96. The normalized spacial score (nSPS) is 15.7. The van der Waals surface area contributed by atoms with E-state index in [1.165, 1.54) is 5.01 Å². The van der Waals surface area contributed by atoms with Gasteiger partial charge in [0.25, 0.3) is 0 Å². The summed E-state index contributed by atoms with van der Waals surface area (Å²) in [5, 5.41) is 3.31. The Bertz CT molecular complexity index is 266. The minimum atomic E-state index is 0.214. The third-order valence-electron chi connectivity index (χ3n) is 2.42. The van der Waals surface area contributed by atoms with Gasteiger partial charge in [-0.2, -0.15) is 0 Å². The van der Waals surface area contributed by atoms with Crippen molar-refractivity contribution in [1.82, 2.24) is 4.98 Å². The van der Waals surface area contributed by atoms with Crippen molar-refractivity contribution in [3.8, 4) is 0 Å². The second kappa shape index (κ2) is 4.43. The van der Waals surface area contributed by atoms with Crippen LogP contribution in [0.15, 0.2) is 5.38 Å². The number of rotatable bonds is 4. The molecule has 1 atom stereocenters. The smallest absolute Gasteiger partial charge is 0.0933 e. The summed E-state index contributed by atoms with van der Waals surface area (Å²) in [5.41, 5.74) is 1.33. The number of halogens is 1. The molecular weight excluding hydrogens is 202 g/mol. The van der Waals surface area contributed by atoms with Crippen LogP contribution in [0.3, 0.4) is 0 Å². The molecule has 0 saturated carbocycles. The number of thiazole rings is 1. The topological polar surface area (TPSA) is 12.9 Å². The Morgan fingerprint density at radius 1 is 1.62 bits per heavy atom. The highest BCUT2D eigenvalue weighted by molar-refractivity contribution is 7.09. The van der Waals surface area contributed by atoms with E-state index in [2.05, 4.69) is 24.2 Å². The van der Waals surface area contributed by atoms with Gasteiger partial charge in [-0.3, -0.25) is 0 Å². The Morgan fingerprint density at radius 2 is 2.31 bits per heavy atom. The van der Waals surface area contributed by atoms with Gasteiger partial charge in [-0.25, -0.2) is 4.98 Å². The number of hydrogen-bond donors (Lipinski definition) is 0. The predicted molar refractivity (Wildman–Crippen MR) is 59.7 cm³/mol. The molecule has 1 unspecified atom stereocenters. The first-order chi connectivity index (χ1) is 6.09. The van der Waals surface area contributed by atoms with Crippen LogP contribution in [0.5, 0.6) is 0 Å². The Balaban J connectivity index is 2.67. The highest BCUT2D eigenvalue weighted by atomic mass is 35.5. The molecule has 3 heteroatoms. The molecule has 0 aliphatic rings. The molecule has 0 fully saturated rings. The molecule has 1 aromatic heterocycles. The van der Waals surface area contributed by atoms with E-state index < -0.39 is 0 Å². The molecule has 0 N–H and O–H groups in total. The van der Waals surface area contributed by atoms with Gasteiger partial charge >= 0.3 is 0 Å². The van der Waals surface area contributed by atoms with Crippen LogP contribution < -0.4 is 0 Å². The zero-order valence-corrected chi connectivity index (χ0v) is 10.0. The fourth-order valence-corrected chi connectivity index (χ4v) is 2.39. The molecule has 0 aliphatic carbocycles. The largest absolute Gasteiger partial charge is 0.247 e. The van der Waals surface area contributed by atoms with Crippen LogP contribution in [0.1, 0.15) is 31.0 Å². The van der Waals surface area contributed by atoms with E-state index in [0.717, 1.165) is 18.5 Å². The van der Waals surface area contributed by atoms with Crippen molar-refractivity contribution in [3.05, 3.63) is 16.1 Å². The Kier molecular flexibility index (Phi) is 3.74. The fourth-order valence-electron chi connectivity index (χ4n) is 1.12. The van der Waals surface area contributed by atoms with E-state index in [1.807, 2.05) is 6.92 Å². The molecule has 1 rings (SSSR count). The molecule has 0 amide bonds. The molecular formula is C10H16ClNS. The molecule has 0 radical (unpaired) electrons. The van der Waals surface area contributed by atoms with Gasteiger partial charge in [0.1, 0.15) is 0 Å². The molecule has 1 heterocycles. The second-order valence-corrected chi connectivity index (χ2v) is 5.07. The monoisotopic (exact) mass is 217 g/mol. The van der Waals surface area contributed by atoms with Gasteiger partial charge in [0.15, 0.2) is 0 Å². The Labute approximate surface area is 89.1 Å². The van der Waals surface area contributed by atoms with Gasteiger partial charge < -0.3 is 0 Å². The SMILES string of the molecule is CCC(C)(CCl)Cc1nc(C)cs1. The molecule has 1 nitrogen and oxygen atoms in total. The minimum absolute atomic E-state index is 0.214. The van der Waals surface area contributed by atoms with Crippen molar-refractivity contribution >= 4 is 22.9 Å². The number of alkyl halides is 1. The van der Waals surface area contributed by atoms with E-state index in [9.17, 15) is 0 Å². The van der Waals surface area contributed by atoms with Crippen LogP contribution in [-0.4, -0.2) is 10.9 Å². The van der Waals surface area contributed by atoms with Crippen LogP contribution in [0, 0.1) is 12.3 Å². The maximum Gasteiger partial charge on any atom is 0.0933 e. The van der Waals surface area contributed by atoms with E-state index >= 15 is 0 Å². The summed E-state index contributed by atoms with van der Waals surface area (Å²) in [6, 6.07) is 0. The van der Waals surface area contributed by atoms with Crippen LogP contribution in [0.4, 0.5) is 0 Å². The lowest BCUT2D eigenvalue weighted by molar-refractivity contribution is 0.355. The second-order valence-electron chi connectivity index (χ2n) is 3.86. The van der Waals surface area contributed by atoms with Crippen molar-refractivity contribution in [1.29, 1.82) is 0 Å². The minimum Gasteiger partial charge on any atom is -0.247 e. The quantitative estimate of drug-likeness (QED) is 0.702. The summed E-state index contributed by atoms with van der Waals surface area (Å²) in [6.45, 7) is 6.43. The van der Waals surface area contributed by atoms with Gasteiger partial charge in [0.2, 0.25) is 0 Å². The molecule has 0 aliphatic heterocycles. The summed E-state index contributed by atoms with van der Waals surface area (Å²) in [4.78, 5) is 4.45. The van der Waals surface area contributed by atoms with Gasteiger partial charge in [0, 0.05) is 23.4 Å². The molecule has 0 spiro atoms. The Hall–Kier alpha value is -0.0800.